The minimum Gasteiger partial charge on any atom is -0.490 e. The van der Waals surface area contributed by atoms with Crippen LogP contribution in [-0.2, 0) is 23.8 Å². The lowest BCUT2D eigenvalue weighted by molar-refractivity contribution is -0.328. The van der Waals surface area contributed by atoms with Gasteiger partial charge in [-0.05, 0) is 64.4 Å². The molecule has 8 nitrogen and oxygen atoms in total. The molecule has 2 aromatic carbocycles. The molecule has 1 aliphatic heterocycles. The van der Waals surface area contributed by atoms with E-state index in [1.807, 2.05) is 51.8 Å². The average Bonchev–Trinajstić information content (AvgIpc) is 2.94. The molecule has 0 aromatic heterocycles. The number of hydrogen-bond acceptors (Lipinski definition) is 8. The van der Waals surface area contributed by atoms with Crippen molar-refractivity contribution in [3.63, 3.8) is 0 Å². The Kier molecular flexibility index (Phi) is 21.7. The van der Waals surface area contributed by atoms with Gasteiger partial charge < -0.3 is 29.2 Å². The van der Waals surface area contributed by atoms with E-state index in [0.717, 1.165) is 47.0 Å². The lowest BCUT2D eigenvalue weighted by Gasteiger charge is -2.16. The molecule has 0 fully saturated rings. The topological polar surface area (TPSA) is 106 Å². The zero-order valence-electron chi connectivity index (χ0n) is 21.9. The molecule has 3 rings (SSSR count). The predicted molar refractivity (Wildman–Crippen MR) is 146 cm³/mol. The number of nitrogens with two attached hydrogens (primary N) is 1. The van der Waals surface area contributed by atoms with E-state index >= 15 is 0 Å². The first-order valence-corrected chi connectivity index (χ1v) is 13.8. The monoisotopic (exact) mass is 523 g/mol. The summed E-state index contributed by atoms with van der Waals surface area (Å²) in [6.45, 7) is 16.6. The maximum atomic E-state index is 9.87. The zero-order chi connectivity index (χ0) is 26.6. The van der Waals surface area contributed by atoms with E-state index in [4.69, 9.17) is 34.5 Å². The summed E-state index contributed by atoms with van der Waals surface area (Å²) in [4.78, 5) is 18.4. The molecule has 0 amide bonds. The summed E-state index contributed by atoms with van der Waals surface area (Å²) in [7, 11) is -1.35. The molecule has 0 atom stereocenters. The Hall–Kier alpha value is -2.43. The summed E-state index contributed by atoms with van der Waals surface area (Å²) in [6.07, 6.45) is 0.0692. The normalized spacial score (nSPS) is 11.6. The van der Waals surface area contributed by atoms with Gasteiger partial charge in [-0.25, -0.2) is 9.78 Å². The van der Waals surface area contributed by atoms with E-state index in [1.54, 1.807) is 6.55 Å². The summed E-state index contributed by atoms with van der Waals surface area (Å²) in [5.74, 6) is 1.69. The Morgan fingerprint density at radius 1 is 0.917 bits per heavy atom. The second-order valence-electron chi connectivity index (χ2n) is 7.33. The van der Waals surface area contributed by atoms with Crippen LogP contribution in [0.4, 0.5) is 0 Å². The summed E-state index contributed by atoms with van der Waals surface area (Å²) in [5.41, 5.74) is 9.38. The van der Waals surface area contributed by atoms with Crippen LogP contribution in [0, 0.1) is 13.8 Å². The molecule has 1 aliphatic rings. The zero-order valence-corrected chi connectivity index (χ0v) is 22.9. The van der Waals surface area contributed by atoms with E-state index in [-0.39, 0.29) is 13.5 Å². The second kappa shape index (κ2) is 21.8. The van der Waals surface area contributed by atoms with E-state index in [0.29, 0.717) is 26.0 Å². The third-order valence-electron chi connectivity index (χ3n) is 4.59. The molecule has 204 valence electrons. The number of fused-ring (bicyclic) bond motifs is 3. The maximum absolute atomic E-state index is 9.87. The third-order valence-corrected chi connectivity index (χ3v) is 5.16. The molecule has 0 aliphatic carbocycles. The van der Waals surface area contributed by atoms with Crippen molar-refractivity contribution in [3.8, 4) is 22.6 Å². The molecule has 0 bridgehead atoms. The van der Waals surface area contributed by atoms with Crippen LogP contribution in [0.5, 0.6) is 11.5 Å². The van der Waals surface area contributed by atoms with Crippen molar-refractivity contribution in [2.45, 2.75) is 54.7 Å². The van der Waals surface area contributed by atoms with Crippen LogP contribution < -0.4 is 15.2 Å². The summed E-state index contributed by atoms with van der Waals surface area (Å²) < 4.78 is 26.8. The van der Waals surface area contributed by atoms with Crippen molar-refractivity contribution >= 4 is 15.5 Å². The smallest absolute Gasteiger partial charge is 0.287 e. The summed E-state index contributed by atoms with van der Waals surface area (Å²) >= 11 is 0. The van der Waals surface area contributed by atoms with E-state index in [1.165, 1.54) is 0 Å². The van der Waals surface area contributed by atoms with Gasteiger partial charge in [0.1, 0.15) is 31.5 Å². The van der Waals surface area contributed by atoms with Crippen LogP contribution in [0.3, 0.4) is 0 Å². The van der Waals surface area contributed by atoms with Crippen molar-refractivity contribution < 1.29 is 33.2 Å². The van der Waals surface area contributed by atoms with Gasteiger partial charge in [-0.15, -0.1) is 0 Å². The number of ether oxygens (including phenoxy) is 3. The molecule has 0 radical (unpaired) electrons. The van der Waals surface area contributed by atoms with Gasteiger partial charge in [0.25, 0.3) is 8.68 Å². The Balaban J connectivity index is 0. The highest BCUT2D eigenvalue weighted by molar-refractivity contribution is 6.40. The molecule has 1 heterocycles. The quantitative estimate of drug-likeness (QED) is 0.316. The minimum atomic E-state index is -1.35. The largest absolute Gasteiger partial charge is 0.490 e. The lowest BCUT2D eigenvalue weighted by atomic mass is 9.95. The van der Waals surface area contributed by atoms with Gasteiger partial charge in [0, 0.05) is 30.5 Å². The molecule has 2 N–H and O–H groups in total. The van der Waals surface area contributed by atoms with Crippen molar-refractivity contribution in [1.82, 2.24) is 0 Å². The average molecular weight is 524 g/mol. The molecule has 0 unspecified atom stereocenters. The van der Waals surface area contributed by atoms with Gasteiger partial charge in [-0.3, -0.25) is 0 Å². The summed E-state index contributed by atoms with van der Waals surface area (Å²) in [5, 5.41) is 0. The highest BCUT2D eigenvalue weighted by Crippen LogP contribution is 2.41. The van der Waals surface area contributed by atoms with Crippen molar-refractivity contribution in [3.05, 3.63) is 47.5 Å². The van der Waals surface area contributed by atoms with Crippen LogP contribution in [-0.4, -0.2) is 60.8 Å². The Morgan fingerprint density at radius 2 is 1.33 bits per heavy atom. The van der Waals surface area contributed by atoms with E-state index < -0.39 is 8.68 Å². The van der Waals surface area contributed by atoms with Crippen LogP contribution >= 0.6 is 0 Å². The molecular weight excluding hydrogens is 478 g/mol. The number of carbonyl (C=O) groups excluding carboxylic acids is 1. The Labute approximate surface area is 218 Å². The van der Waals surface area contributed by atoms with E-state index in [2.05, 4.69) is 26.0 Å². The lowest BCUT2D eigenvalue weighted by Crippen LogP contribution is -2.28. The molecule has 0 spiro atoms. The summed E-state index contributed by atoms with van der Waals surface area (Å²) in [6, 6.07) is 12.2. The first-order chi connectivity index (χ1) is 16.9. The van der Waals surface area contributed by atoms with Gasteiger partial charge in [0.2, 0.25) is 0 Å². The van der Waals surface area contributed by atoms with E-state index in [9.17, 15) is 4.46 Å². The SMILES string of the molecule is C.C=O.CCOCC.CCOOC1COc2cccc(C)c2-c2c(C)cccc2OC1.C[Si](=O)CN. The predicted octanol–water partition coefficient (Wildman–Crippen LogP) is 5.11. The number of benzene rings is 2. The number of hydrogen-bond donors (Lipinski definition) is 1. The van der Waals surface area contributed by atoms with Crippen LogP contribution in [0.2, 0.25) is 6.55 Å². The van der Waals surface area contributed by atoms with Crippen LogP contribution in [0.15, 0.2) is 36.4 Å². The van der Waals surface area contributed by atoms with Crippen LogP contribution in [0.25, 0.3) is 11.1 Å². The van der Waals surface area contributed by atoms with Crippen LogP contribution in [0.1, 0.15) is 39.3 Å². The molecule has 0 saturated heterocycles. The van der Waals surface area contributed by atoms with Crippen molar-refractivity contribution in [2.75, 3.05) is 39.2 Å². The first kappa shape index (κ1) is 35.7. The standard InChI is InChI=1S/C19H22O4.C4H10O.C2H7NOSi.CH2O.CH4/c1-4-22-23-15-11-20-16-9-5-7-13(2)18(16)19-14(3)8-6-10-17(19)21-12-15;1-3-5-4-2;1-5(4)2-3;1-2;/h5-10,15H,4,11-12H2,1-3H3;3-4H2,1-2H3;2-3H2,1H3;1H2;1H4. The fourth-order valence-corrected chi connectivity index (χ4v) is 3.00. The minimum absolute atomic E-state index is 0. The molecular formula is C27H45NO7Si. The van der Waals surface area contributed by atoms with Gasteiger partial charge in [0.05, 0.1) is 6.61 Å². The fourth-order valence-electron chi connectivity index (χ4n) is 3.00. The number of aryl methyl sites for hydroxylation is 2. The van der Waals surface area contributed by atoms with Gasteiger partial charge >= 0.3 is 0 Å². The van der Waals surface area contributed by atoms with Crippen molar-refractivity contribution in [2.24, 2.45) is 5.73 Å². The number of carbonyl (C=O) groups is 1. The highest BCUT2D eigenvalue weighted by atomic mass is 28.3. The first-order valence-electron chi connectivity index (χ1n) is 11.7. The number of rotatable bonds is 6. The molecule has 0 saturated carbocycles. The Bertz CT molecular complexity index is 807. The van der Waals surface area contributed by atoms with Gasteiger partial charge in [0.15, 0.2) is 6.10 Å². The second-order valence-corrected chi connectivity index (χ2v) is 9.14. The maximum Gasteiger partial charge on any atom is 0.287 e. The molecule has 2 aromatic rings. The van der Waals surface area contributed by atoms with Crippen molar-refractivity contribution in [1.29, 1.82) is 0 Å². The third kappa shape index (κ3) is 13.0. The Morgan fingerprint density at radius 3 is 1.64 bits per heavy atom. The molecule has 36 heavy (non-hydrogen) atoms. The van der Waals surface area contributed by atoms with Gasteiger partial charge in [-0.2, -0.15) is 0 Å². The molecule has 9 heteroatoms. The van der Waals surface area contributed by atoms with Gasteiger partial charge in [-0.1, -0.05) is 31.7 Å². The fraction of sp³-hybridized carbons (Fsp3) is 0.519. The highest BCUT2D eigenvalue weighted by Gasteiger charge is 2.22.